The largest absolute Gasteiger partial charge is 0.573 e. The van der Waals surface area contributed by atoms with Crippen LogP contribution in [0.1, 0.15) is 29.7 Å². The first kappa shape index (κ1) is 24.3. The second kappa shape index (κ2) is 9.77. The molecule has 0 aliphatic rings. The molecule has 0 bridgehead atoms. The van der Waals surface area contributed by atoms with Gasteiger partial charge in [0, 0.05) is 29.7 Å². The number of halogens is 4. The number of ether oxygens (including phenoxy) is 1. The van der Waals surface area contributed by atoms with Gasteiger partial charge >= 0.3 is 6.36 Å². The van der Waals surface area contributed by atoms with Crippen LogP contribution in [0.2, 0.25) is 0 Å². The zero-order chi connectivity index (χ0) is 25.2. The van der Waals surface area contributed by atoms with Gasteiger partial charge in [0.15, 0.2) is 0 Å². The summed E-state index contributed by atoms with van der Waals surface area (Å²) in [6.45, 7) is 2.19. The van der Waals surface area contributed by atoms with E-state index in [0.717, 1.165) is 22.2 Å². The molecular weight excluding hydrogens is 462 g/mol. The van der Waals surface area contributed by atoms with E-state index in [4.69, 9.17) is 5.73 Å². The lowest BCUT2D eigenvalue weighted by Gasteiger charge is -2.22. The third kappa shape index (κ3) is 5.79. The molecule has 182 valence electrons. The SMILES string of the molecule is C[C@H](c1ccc(F)cc1)C(Cc1cc2cccnc2n1Cc1ccc(OC(F)(F)F)cc1)C(N)=O. The highest BCUT2D eigenvalue weighted by Crippen LogP contribution is 2.30. The van der Waals surface area contributed by atoms with Crippen LogP contribution in [0.25, 0.3) is 11.0 Å². The first-order valence-electron chi connectivity index (χ1n) is 10.9. The summed E-state index contributed by atoms with van der Waals surface area (Å²) in [7, 11) is 0. The van der Waals surface area contributed by atoms with Crippen LogP contribution in [0.4, 0.5) is 17.6 Å². The van der Waals surface area contributed by atoms with Gasteiger partial charge in [-0.2, -0.15) is 0 Å². The van der Waals surface area contributed by atoms with Crippen molar-refractivity contribution >= 4 is 16.9 Å². The number of nitrogens with zero attached hydrogens (tertiary/aromatic N) is 2. The van der Waals surface area contributed by atoms with Crippen molar-refractivity contribution in [3.63, 3.8) is 0 Å². The van der Waals surface area contributed by atoms with Crippen LogP contribution in [0.3, 0.4) is 0 Å². The van der Waals surface area contributed by atoms with Gasteiger partial charge in [-0.3, -0.25) is 4.79 Å². The Hall–Kier alpha value is -3.88. The van der Waals surface area contributed by atoms with Gasteiger partial charge in [-0.1, -0.05) is 31.2 Å². The number of fused-ring (bicyclic) bond motifs is 1. The van der Waals surface area contributed by atoms with Crippen molar-refractivity contribution in [2.24, 2.45) is 11.7 Å². The first-order chi connectivity index (χ1) is 16.6. The lowest BCUT2D eigenvalue weighted by Crippen LogP contribution is -2.30. The molecular formula is C26H23F4N3O2. The first-order valence-corrected chi connectivity index (χ1v) is 10.9. The quantitative estimate of drug-likeness (QED) is 0.332. The number of benzene rings is 2. The summed E-state index contributed by atoms with van der Waals surface area (Å²) >= 11 is 0. The molecule has 0 aliphatic heterocycles. The number of rotatable bonds is 8. The second-order valence-electron chi connectivity index (χ2n) is 8.38. The molecule has 0 saturated heterocycles. The molecule has 0 saturated carbocycles. The van der Waals surface area contributed by atoms with Gasteiger partial charge in [-0.05, 0) is 65.9 Å². The molecule has 0 spiro atoms. The molecule has 0 fully saturated rings. The minimum absolute atomic E-state index is 0.272. The maximum absolute atomic E-state index is 13.4. The highest BCUT2D eigenvalue weighted by Gasteiger charge is 2.31. The third-order valence-electron chi connectivity index (χ3n) is 6.03. The Labute approximate surface area is 199 Å². The Bertz CT molecular complexity index is 1320. The van der Waals surface area contributed by atoms with E-state index in [-0.39, 0.29) is 17.5 Å². The third-order valence-corrected chi connectivity index (χ3v) is 6.03. The fraction of sp³-hybridized carbons (Fsp3) is 0.231. The summed E-state index contributed by atoms with van der Waals surface area (Å²) in [5.74, 6) is -2.01. The summed E-state index contributed by atoms with van der Waals surface area (Å²) in [4.78, 5) is 16.9. The Morgan fingerprint density at radius 2 is 1.77 bits per heavy atom. The summed E-state index contributed by atoms with van der Waals surface area (Å²) in [6.07, 6.45) is -2.81. The molecule has 0 aliphatic carbocycles. The smallest absolute Gasteiger partial charge is 0.406 e. The molecule has 9 heteroatoms. The van der Waals surface area contributed by atoms with Crippen molar-refractivity contribution < 1.29 is 27.1 Å². The normalized spacial score (nSPS) is 13.5. The van der Waals surface area contributed by atoms with Crippen molar-refractivity contribution in [2.75, 3.05) is 0 Å². The second-order valence-corrected chi connectivity index (χ2v) is 8.38. The highest BCUT2D eigenvalue weighted by atomic mass is 19.4. The van der Waals surface area contributed by atoms with Gasteiger partial charge in [0.2, 0.25) is 5.91 Å². The topological polar surface area (TPSA) is 70.1 Å². The maximum Gasteiger partial charge on any atom is 0.573 e. The van der Waals surface area contributed by atoms with Crippen LogP contribution >= 0.6 is 0 Å². The summed E-state index contributed by atoms with van der Waals surface area (Å²) in [6, 6.07) is 17.2. The summed E-state index contributed by atoms with van der Waals surface area (Å²) < 4.78 is 56.7. The lowest BCUT2D eigenvalue weighted by atomic mass is 9.84. The van der Waals surface area contributed by atoms with Crippen LogP contribution in [0, 0.1) is 11.7 Å². The highest BCUT2D eigenvalue weighted by molar-refractivity contribution is 5.80. The molecule has 2 aromatic heterocycles. The van der Waals surface area contributed by atoms with Gasteiger partial charge in [0.25, 0.3) is 0 Å². The molecule has 2 atom stereocenters. The molecule has 4 aromatic rings. The number of primary amides is 1. The zero-order valence-corrected chi connectivity index (χ0v) is 18.8. The van der Waals surface area contributed by atoms with E-state index >= 15 is 0 Å². The van der Waals surface area contributed by atoms with Gasteiger partial charge in [-0.15, -0.1) is 13.2 Å². The predicted molar refractivity (Wildman–Crippen MR) is 123 cm³/mol. The van der Waals surface area contributed by atoms with Crippen LogP contribution in [-0.4, -0.2) is 21.8 Å². The number of carbonyl (C=O) groups excluding carboxylic acids is 1. The molecule has 0 radical (unpaired) electrons. The predicted octanol–water partition coefficient (Wildman–Crippen LogP) is 5.57. The summed E-state index contributed by atoms with van der Waals surface area (Å²) in [5.41, 5.74) is 8.76. The van der Waals surface area contributed by atoms with Gasteiger partial charge in [-0.25, -0.2) is 9.37 Å². The number of alkyl halides is 3. The number of aromatic nitrogens is 2. The molecule has 2 aromatic carbocycles. The minimum Gasteiger partial charge on any atom is -0.406 e. The van der Waals surface area contributed by atoms with Crippen molar-refractivity contribution in [2.45, 2.75) is 32.2 Å². The molecule has 1 amide bonds. The van der Waals surface area contributed by atoms with E-state index < -0.39 is 18.2 Å². The molecule has 4 rings (SSSR count). The van der Waals surface area contributed by atoms with E-state index in [2.05, 4.69) is 9.72 Å². The number of carbonyl (C=O) groups is 1. The van der Waals surface area contributed by atoms with Crippen LogP contribution < -0.4 is 10.5 Å². The van der Waals surface area contributed by atoms with E-state index in [1.54, 1.807) is 36.5 Å². The van der Waals surface area contributed by atoms with Crippen molar-refractivity contribution in [1.82, 2.24) is 9.55 Å². The fourth-order valence-corrected chi connectivity index (χ4v) is 4.21. The average molecular weight is 485 g/mol. The van der Waals surface area contributed by atoms with E-state index in [9.17, 15) is 22.4 Å². The van der Waals surface area contributed by atoms with Gasteiger partial charge in [0.1, 0.15) is 17.2 Å². The Kier molecular flexibility index (Phi) is 6.77. The maximum atomic E-state index is 13.4. The fourth-order valence-electron chi connectivity index (χ4n) is 4.21. The van der Waals surface area contributed by atoms with E-state index in [1.165, 1.54) is 24.3 Å². The van der Waals surface area contributed by atoms with Gasteiger partial charge in [0.05, 0.1) is 0 Å². The monoisotopic (exact) mass is 485 g/mol. The van der Waals surface area contributed by atoms with Crippen molar-refractivity contribution in [3.8, 4) is 5.75 Å². The van der Waals surface area contributed by atoms with Crippen LogP contribution in [-0.2, 0) is 17.8 Å². The van der Waals surface area contributed by atoms with Gasteiger partial charge < -0.3 is 15.0 Å². The number of amides is 1. The molecule has 5 nitrogen and oxygen atoms in total. The minimum atomic E-state index is -4.76. The van der Waals surface area contributed by atoms with E-state index in [0.29, 0.717) is 18.6 Å². The Balaban J connectivity index is 1.65. The molecule has 35 heavy (non-hydrogen) atoms. The van der Waals surface area contributed by atoms with Crippen LogP contribution in [0.15, 0.2) is 72.9 Å². The number of hydrogen-bond acceptors (Lipinski definition) is 3. The Morgan fingerprint density at radius 1 is 1.09 bits per heavy atom. The van der Waals surface area contributed by atoms with Crippen molar-refractivity contribution in [1.29, 1.82) is 0 Å². The van der Waals surface area contributed by atoms with Crippen LogP contribution in [0.5, 0.6) is 5.75 Å². The number of nitrogens with two attached hydrogens (primary N) is 1. The number of hydrogen-bond donors (Lipinski definition) is 1. The summed E-state index contributed by atoms with van der Waals surface area (Å²) in [5, 5.41) is 0.859. The Morgan fingerprint density at radius 3 is 2.40 bits per heavy atom. The molecule has 1 unspecified atom stereocenters. The van der Waals surface area contributed by atoms with E-state index in [1.807, 2.05) is 23.6 Å². The number of pyridine rings is 1. The average Bonchev–Trinajstić information content (AvgIpc) is 3.14. The zero-order valence-electron chi connectivity index (χ0n) is 18.8. The van der Waals surface area contributed by atoms with Crippen molar-refractivity contribution in [3.05, 3.63) is 95.6 Å². The lowest BCUT2D eigenvalue weighted by molar-refractivity contribution is -0.274. The molecule has 2 heterocycles. The molecule has 2 N–H and O–H groups in total. The standard InChI is InChI=1S/C26H23F4N3O2/c1-16(18-6-8-20(27)9-7-18)23(24(31)34)14-21-13-19-3-2-12-32-25(19)33(21)15-17-4-10-22(11-5-17)35-26(28,29)30/h2-13,16,23H,14-15H2,1H3,(H2,31,34)/t16-,23?/m1/s1.